The second-order valence-electron chi connectivity index (χ2n) is 6.10. The second kappa shape index (κ2) is 8.24. The summed E-state index contributed by atoms with van der Waals surface area (Å²) in [7, 11) is 0. The summed E-state index contributed by atoms with van der Waals surface area (Å²) in [4.78, 5) is 30.3. The molecule has 3 aromatic heterocycles. The zero-order chi connectivity index (χ0) is 20.2. The van der Waals surface area contributed by atoms with Crippen molar-refractivity contribution in [3.05, 3.63) is 94.8 Å². The lowest BCUT2D eigenvalue weighted by Crippen LogP contribution is -2.14. The van der Waals surface area contributed by atoms with Crippen LogP contribution in [0.1, 0.15) is 32.7 Å². The maximum absolute atomic E-state index is 13.8. The molecule has 0 amide bonds. The van der Waals surface area contributed by atoms with E-state index in [0.29, 0.717) is 32.7 Å². The van der Waals surface area contributed by atoms with E-state index in [2.05, 4.69) is 19.9 Å². The predicted octanol–water partition coefficient (Wildman–Crippen LogP) is 4.39. The van der Waals surface area contributed by atoms with Crippen molar-refractivity contribution in [1.82, 2.24) is 19.9 Å². The molecule has 0 saturated carbocycles. The maximum Gasteiger partial charge on any atom is 0.351 e. The molecule has 4 rings (SSSR count). The number of hydrogen-bond acceptors (Lipinski definition) is 7. The largest absolute Gasteiger partial charge is 0.447 e. The lowest BCUT2D eigenvalue weighted by molar-refractivity contribution is 0.0375. The summed E-state index contributed by atoms with van der Waals surface area (Å²) in [6.07, 6.45) is 3.96. The standard InChI is InChI=1S/C21H15FN4O2S/c1-13-18(29-20(26-13)19-24-10-5-11-25-19)21(27)28-17(16-8-2-3-9-23-16)14-6-4-7-15(22)12-14/h2-12,17H,1H3. The first-order chi connectivity index (χ1) is 14.1. The normalized spacial score (nSPS) is 11.8. The molecule has 0 aliphatic heterocycles. The van der Waals surface area contributed by atoms with Gasteiger partial charge in [0.05, 0.1) is 11.4 Å². The fourth-order valence-electron chi connectivity index (χ4n) is 2.75. The van der Waals surface area contributed by atoms with Crippen molar-refractivity contribution in [3.8, 4) is 10.8 Å². The van der Waals surface area contributed by atoms with E-state index in [9.17, 15) is 9.18 Å². The minimum atomic E-state index is -0.850. The number of rotatable bonds is 5. The number of carbonyl (C=O) groups is 1. The first-order valence-corrected chi connectivity index (χ1v) is 9.55. The van der Waals surface area contributed by atoms with Gasteiger partial charge in [0.25, 0.3) is 0 Å². The molecule has 0 saturated heterocycles. The van der Waals surface area contributed by atoms with Crippen molar-refractivity contribution in [3.63, 3.8) is 0 Å². The van der Waals surface area contributed by atoms with Gasteiger partial charge in [-0.05, 0) is 37.3 Å². The van der Waals surface area contributed by atoms with Gasteiger partial charge in [0.15, 0.2) is 16.9 Å². The molecule has 1 unspecified atom stereocenters. The first-order valence-electron chi connectivity index (χ1n) is 8.74. The number of benzene rings is 1. The fraction of sp³-hybridized carbons (Fsp3) is 0.0952. The van der Waals surface area contributed by atoms with Crippen molar-refractivity contribution < 1.29 is 13.9 Å². The van der Waals surface area contributed by atoms with E-state index >= 15 is 0 Å². The molecule has 4 aromatic rings. The number of esters is 1. The third kappa shape index (κ3) is 4.17. The Kier molecular flexibility index (Phi) is 5.35. The topological polar surface area (TPSA) is 77.9 Å². The smallest absolute Gasteiger partial charge is 0.351 e. The molecule has 1 aromatic carbocycles. The Morgan fingerprint density at radius 3 is 2.55 bits per heavy atom. The van der Waals surface area contributed by atoms with Crippen LogP contribution in [0.5, 0.6) is 0 Å². The molecule has 0 bridgehead atoms. The van der Waals surface area contributed by atoms with Gasteiger partial charge in [0.1, 0.15) is 10.7 Å². The van der Waals surface area contributed by atoms with Gasteiger partial charge in [-0.15, -0.1) is 11.3 Å². The minimum absolute atomic E-state index is 0.338. The molecular formula is C21H15FN4O2S. The lowest BCUT2D eigenvalue weighted by Gasteiger charge is -2.17. The van der Waals surface area contributed by atoms with Gasteiger partial charge in [0.2, 0.25) is 0 Å². The highest BCUT2D eigenvalue weighted by Crippen LogP contribution is 2.30. The van der Waals surface area contributed by atoms with Crippen molar-refractivity contribution >= 4 is 17.3 Å². The Labute approximate surface area is 170 Å². The molecule has 6 nitrogen and oxygen atoms in total. The third-order valence-electron chi connectivity index (χ3n) is 4.07. The molecule has 0 N–H and O–H groups in total. The predicted molar refractivity (Wildman–Crippen MR) is 106 cm³/mol. The Bertz CT molecular complexity index is 1140. The highest BCUT2D eigenvalue weighted by Gasteiger charge is 2.25. The molecule has 0 aliphatic rings. The molecular weight excluding hydrogens is 391 g/mol. The van der Waals surface area contributed by atoms with Crippen LogP contribution in [0.2, 0.25) is 0 Å². The summed E-state index contributed by atoms with van der Waals surface area (Å²) in [5, 5.41) is 0.523. The van der Waals surface area contributed by atoms with Crippen LogP contribution in [-0.4, -0.2) is 25.9 Å². The van der Waals surface area contributed by atoms with Gasteiger partial charge in [0, 0.05) is 24.2 Å². The number of hydrogen-bond donors (Lipinski definition) is 0. The molecule has 3 heterocycles. The monoisotopic (exact) mass is 406 g/mol. The summed E-state index contributed by atoms with van der Waals surface area (Å²) in [6, 6.07) is 12.9. The highest BCUT2D eigenvalue weighted by atomic mass is 32.1. The fourth-order valence-corrected chi connectivity index (χ4v) is 3.65. The average molecular weight is 406 g/mol. The average Bonchev–Trinajstić information content (AvgIpc) is 3.15. The maximum atomic E-state index is 13.8. The molecule has 29 heavy (non-hydrogen) atoms. The summed E-state index contributed by atoms with van der Waals surface area (Å²) in [6.45, 7) is 1.72. The van der Waals surface area contributed by atoms with Gasteiger partial charge in [-0.3, -0.25) is 4.98 Å². The number of aryl methyl sites for hydroxylation is 1. The van der Waals surface area contributed by atoms with Gasteiger partial charge in [-0.1, -0.05) is 18.2 Å². The Balaban J connectivity index is 1.66. The Morgan fingerprint density at radius 2 is 1.83 bits per heavy atom. The third-order valence-corrected chi connectivity index (χ3v) is 5.21. The van der Waals surface area contributed by atoms with Crippen LogP contribution in [0.25, 0.3) is 10.8 Å². The van der Waals surface area contributed by atoms with Gasteiger partial charge in [-0.25, -0.2) is 24.1 Å². The highest BCUT2D eigenvalue weighted by molar-refractivity contribution is 7.16. The zero-order valence-corrected chi connectivity index (χ0v) is 16.1. The summed E-state index contributed by atoms with van der Waals surface area (Å²) < 4.78 is 19.5. The van der Waals surface area contributed by atoms with Crippen LogP contribution in [-0.2, 0) is 4.74 Å². The van der Waals surface area contributed by atoms with E-state index in [0.717, 1.165) is 11.3 Å². The molecule has 0 aliphatic carbocycles. The molecule has 0 fully saturated rings. The summed E-state index contributed by atoms with van der Waals surface area (Å²) in [5.74, 6) is -0.551. The van der Waals surface area contributed by atoms with Gasteiger partial charge >= 0.3 is 5.97 Å². The molecule has 0 radical (unpaired) electrons. The van der Waals surface area contributed by atoms with Crippen LogP contribution in [0, 0.1) is 12.7 Å². The Morgan fingerprint density at radius 1 is 1.03 bits per heavy atom. The van der Waals surface area contributed by atoms with Crippen LogP contribution in [0.15, 0.2) is 67.1 Å². The van der Waals surface area contributed by atoms with E-state index < -0.39 is 17.9 Å². The number of ether oxygens (including phenoxy) is 1. The van der Waals surface area contributed by atoms with Crippen molar-refractivity contribution in [2.75, 3.05) is 0 Å². The van der Waals surface area contributed by atoms with Crippen LogP contribution >= 0.6 is 11.3 Å². The number of nitrogens with zero attached hydrogens (tertiary/aromatic N) is 4. The number of thiazole rings is 1. The molecule has 1 atom stereocenters. The number of carbonyl (C=O) groups excluding carboxylic acids is 1. The van der Waals surface area contributed by atoms with E-state index in [1.165, 1.54) is 12.1 Å². The SMILES string of the molecule is Cc1nc(-c2ncccn2)sc1C(=O)OC(c1cccc(F)c1)c1ccccn1. The van der Waals surface area contributed by atoms with Crippen LogP contribution < -0.4 is 0 Å². The van der Waals surface area contributed by atoms with Crippen molar-refractivity contribution in [2.45, 2.75) is 13.0 Å². The van der Waals surface area contributed by atoms with E-state index in [1.807, 2.05) is 0 Å². The minimum Gasteiger partial charge on any atom is -0.447 e. The molecule has 144 valence electrons. The summed E-state index contributed by atoms with van der Waals surface area (Å²) in [5.41, 5.74) is 1.51. The first kappa shape index (κ1) is 18.8. The molecule has 8 heteroatoms. The van der Waals surface area contributed by atoms with E-state index in [4.69, 9.17) is 4.74 Å². The number of aromatic nitrogens is 4. The lowest BCUT2D eigenvalue weighted by atomic mass is 10.1. The zero-order valence-electron chi connectivity index (χ0n) is 15.3. The van der Waals surface area contributed by atoms with Gasteiger partial charge in [-0.2, -0.15) is 0 Å². The Hall–Kier alpha value is -3.52. The van der Waals surface area contributed by atoms with Gasteiger partial charge < -0.3 is 4.74 Å². The van der Waals surface area contributed by atoms with E-state index in [-0.39, 0.29) is 0 Å². The van der Waals surface area contributed by atoms with Crippen molar-refractivity contribution in [1.29, 1.82) is 0 Å². The summed E-state index contributed by atoms with van der Waals surface area (Å²) >= 11 is 1.15. The quantitative estimate of drug-likeness (QED) is 0.458. The van der Waals surface area contributed by atoms with Crippen LogP contribution in [0.3, 0.4) is 0 Å². The van der Waals surface area contributed by atoms with Crippen molar-refractivity contribution in [2.24, 2.45) is 0 Å². The number of halogens is 1. The number of pyridine rings is 1. The molecule has 0 spiro atoms. The van der Waals surface area contributed by atoms with Crippen LogP contribution in [0.4, 0.5) is 4.39 Å². The second-order valence-corrected chi connectivity index (χ2v) is 7.10. The van der Waals surface area contributed by atoms with E-state index in [1.54, 1.807) is 61.9 Å².